The van der Waals surface area contributed by atoms with E-state index in [2.05, 4.69) is 5.32 Å². The van der Waals surface area contributed by atoms with Gasteiger partial charge in [-0.05, 0) is 90.6 Å². The number of carboxylic acid groups (broad SMARTS) is 1. The van der Waals surface area contributed by atoms with Gasteiger partial charge in [0, 0.05) is 12.2 Å². The van der Waals surface area contributed by atoms with Gasteiger partial charge >= 0.3 is 24.8 Å². The molecule has 0 saturated heterocycles. The molecule has 1 heterocycles. The maximum Gasteiger partial charge on any atom is 1.00 e. The average molecular weight is 572 g/mol. The molecule has 2 aromatic carbocycles. The second-order valence-electron chi connectivity index (χ2n) is 10.7. The zero-order chi connectivity index (χ0) is 28.3. The van der Waals surface area contributed by atoms with Crippen molar-refractivity contribution in [3.05, 3.63) is 83.3 Å². The van der Waals surface area contributed by atoms with Crippen LogP contribution in [0.15, 0.2) is 65.3 Å². The zero-order valence-corrected chi connectivity index (χ0v) is 25.4. The van der Waals surface area contributed by atoms with Crippen molar-refractivity contribution in [2.45, 2.75) is 70.4 Å². The average Bonchev–Trinajstić information content (AvgIpc) is 3.50. The first-order chi connectivity index (χ1) is 19.5. The van der Waals surface area contributed by atoms with Crippen LogP contribution in [-0.2, 0) is 9.53 Å². The van der Waals surface area contributed by atoms with Crippen LogP contribution in [0.25, 0.3) is 11.1 Å². The van der Waals surface area contributed by atoms with E-state index in [0.717, 1.165) is 34.6 Å². The number of hydrogen-bond donors (Lipinski definition) is 2. The first kappa shape index (κ1) is 33.1. The molecule has 3 aromatic rings. The van der Waals surface area contributed by atoms with Crippen LogP contribution >= 0.6 is 11.8 Å². The van der Waals surface area contributed by atoms with Crippen LogP contribution in [0.1, 0.15) is 86.1 Å². The predicted octanol–water partition coefficient (Wildman–Crippen LogP) is 4.77. The number of benzene rings is 2. The maximum absolute atomic E-state index is 13.5. The Morgan fingerprint density at radius 2 is 1.88 bits per heavy atom. The maximum atomic E-state index is 13.5. The van der Waals surface area contributed by atoms with E-state index in [4.69, 9.17) is 9.15 Å². The van der Waals surface area contributed by atoms with Crippen LogP contribution in [0.5, 0.6) is 0 Å². The SMILES string of the molecule is CSCCC(NC(=O)c1ccc(C(OCCCC2CCCCC2)c2ccco2)cc1-c1ccccc1C)C(=O)O.[H-].[Li+]. The zero-order valence-electron chi connectivity index (χ0n) is 25.6. The van der Waals surface area contributed by atoms with E-state index < -0.39 is 24.0 Å². The summed E-state index contributed by atoms with van der Waals surface area (Å²) in [6.07, 6.45) is 12.4. The molecule has 1 aliphatic carbocycles. The van der Waals surface area contributed by atoms with E-state index >= 15 is 0 Å². The number of carbonyl (C=O) groups is 2. The Hall–Kier alpha value is -2.43. The first-order valence-electron chi connectivity index (χ1n) is 14.4. The minimum atomic E-state index is -1.03. The van der Waals surface area contributed by atoms with E-state index in [-0.39, 0.29) is 20.3 Å². The number of thioether (sulfide) groups is 1. The summed E-state index contributed by atoms with van der Waals surface area (Å²) in [4.78, 5) is 25.3. The summed E-state index contributed by atoms with van der Waals surface area (Å²) in [5.41, 5.74) is 4.00. The standard InChI is InChI=1S/C33H41NO5S.Li.H/c1-23-10-6-7-14-26(23)28-22-25(16-17-27(28)32(35)34-29(33(36)37)18-21-40-2)31(30-15-9-19-38-30)39-20-8-13-24-11-4-3-5-12-24;;/h6-7,9-10,14-17,19,22,24,29,31H,3-5,8,11-13,18,20-21H2,1-2H3,(H,34,35)(H,36,37);;/q;+1;-1. The molecule has 216 valence electrons. The van der Waals surface area contributed by atoms with Gasteiger partial charge in [0.15, 0.2) is 0 Å². The van der Waals surface area contributed by atoms with Crippen LogP contribution in [0.3, 0.4) is 0 Å². The Morgan fingerprint density at radius 3 is 2.56 bits per heavy atom. The summed E-state index contributed by atoms with van der Waals surface area (Å²) >= 11 is 1.55. The Labute approximate surface area is 261 Å². The number of carboxylic acids is 1. The van der Waals surface area contributed by atoms with Crippen LogP contribution in [-0.4, -0.2) is 41.6 Å². The summed E-state index contributed by atoms with van der Waals surface area (Å²) in [6.45, 7) is 2.63. The summed E-state index contributed by atoms with van der Waals surface area (Å²) in [6, 6.07) is 16.4. The number of hydrogen-bond acceptors (Lipinski definition) is 5. The van der Waals surface area contributed by atoms with Gasteiger partial charge in [0.25, 0.3) is 5.91 Å². The van der Waals surface area contributed by atoms with Gasteiger partial charge in [-0.15, -0.1) is 0 Å². The number of aliphatic carboxylic acids is 1. The van der Waals surface area contributed by atoms with Gasteiger partial charge in [-0.3, -0.25) is 4.79 Å². The fraction of sp³-hybridized carbons (Fsp3) is 0.455. The number of ether oxygens (including phenoxy) is 1. The number of rotatable bonds is 14. The molecule has 1 saturated carbocycles. The van der Waals surface area contributed by atoms with Crippen molar-refractivity contribution in [3.8, 4) is 11.1 Å². The number of amides is 1. The number of aryl methyl sites for hydroxylation is 1. The normalized spacial score (nSPS) is 15.1. The third-order valence-corrected chi connectivity index (χ3v) is 8.45. The first-order valence-corrected chi connectivity index (χ1v) is 15.7. The van der Waals surface area contributed by atoms with Crippen LogP contribution in [0.4, 0.5) is 0 Å². The fourth-order valence-corrected chi connectivity index (χ4v) is 6.05. The minimum Gasteiger partial charge on any atom is -1.00 e. The molecule has 1 fully saturated rings. The van der Waals surface area contributed by atoms with E-state index in [1.165, 1.54) is 38.5 Å². The summed E-state index contributed by atoms with van der Waals surface area (Å²) in [5, 5.41) is 12.4. The van der Waals surface area contributed by atoms with Crippen LogP contribution in [0.2, 0.25) is 0 Å². The molecule has 8 heteroatoms. The summed E-state index contributed by atoms with van der Waals surface area (Å²) < 4.78 is 12.2. The smallest absolute Gasteiger partial charge is 1.00 e. The van der Waals surface area contributed by atoms with Gasteiger partial charge in [0.1, 0.15) is 17.9 Å². The molecule has 0 spiro atoms. The minimum absolute atomic E-state index is 0. The molecule has 4 rings (SSSR count). The quantitative estimate of drug-likeness (QED) is 0.214. The molecule has 6 nitrogen and oxygen atoms in total. The molecule has 0 aliphatic heterocycles. The van der Waals surface area contributed by atoms with Gasteiger partial charge in [0.05, 0.1) is 6.26 Å². The summed E-state index contributed by atoms with van der Waals surface area (Å²) in [7, 11) is 0. The van der Waals surface area contributed by atoms with Crippen LogP contribution < -0.4 is 24.2 Å². The Balaban J connectivity index is 0.00000308. The molecule has 2 unspecified atom stereocenters. The largest absolute Gasteiger partial charge is 1.00 e. The topological polar surface area (TPSA) is 88.8 Å². The van der Waals surface area contributed by atoms with Gasteiger partial charge < -0.3 is 21.0 Å². The van der Waals surface area contributed by atoms with Crippen molar-refractivity contribution >= 4 is 23.6 Å². The number of furan rings is 1. The van der Waals surface area contributed by atoms with Gasteiger partial charge in [0.2, 0.25) is 0 Å². The van der Waals surface area contributed by atoms with Crippen LogP contribution in [0, 0.1) is 12.8 Å². The Morgan fingerprint density at radius 1 is 1.10 bits per heavy atom. The molecule has 2 N–H and O–H groups in total. The van der Waals surface area contributed by atoms with Gasteiger partial charge in [-0.25, -0.2) is 4.79 Å². The number of carbonyl (C=O) groups excluding carboxylic acids is 1. The van der Waals surface area contributed by atoms with Crippen molar-refractivity contribution in [2.75, 3.05) is 18.6 Å². The van der Waals surface area contributed by atoms with Crippen molar-refractivity contribution in [3.63, 3.8) is 0 Å². The Kier molecular flexibility index (Phi) is 13.6. The fourth-order valence-electron chi connectivity index (χ4n) is 5.58. The van der Waals surface area contributed by atoms with Crippen molar-refractivity contribution in [1.29, 1.82) is 0 Å². The van der Waals surface area contributed by atoms with E-state index in [9.17, 15) is 14.7 Å². The second-order valence-corrected chi connectivity index (χ2v) is 11.7. The van der Waals surface area contributed by atoms with Crippen molar-refractivity contribution < 1.29 is 44.1 Å². The summed E-state index contributed by atoms with van der Waals surface area (Å²) in [5.74, 6) is 0.727. The number of nitrogens with one attached hydrogen (secondary N) is 1. The van der Waals surface area contributed by atoms with Gasteiger partial charge in [-0.1, -0.05) is 62.4 Å². The molecule has 41 heavy (non-hydrogen) atoms. The predicted molar refractivity (Wildman–Crippen MR) is 162 cm³/mol. The molecular weight excluding hydrogens is 529 g/mol. The van der Waals surface area contributed by atoms with Crippen molar-refractivity contribution in [1.82, 2.24) is 5.32 Å². The molecule has 2 atom stereocenters. The molecular formula is C33H42LiNO5S. The van der Waals surface area contributed by atoms with E-state index in [1.54, 1.807) is 24.1 Å². The van der Waals surface area contributed by atoms with E-state index in [0.29, 0.717) is 30.1 Å². The third kappa shape index (κ3) is 9.28. The molecule has 0 radical (unpaired) electrons. The Bertz CT molecular complexity index is 1250. The molecule has 1 amide bonds. The molecule has 1 aliphatic rings. The third-order valence-electron chi connectivity index (χ3n) is 7.81. The molecule has 0 bridgehead atoms. The van der Waals surface area contributed by atoms with E-state index in [1.807, 2.05) is 61.7 Å². The monoisotopic (exact) mass is 571 g/mol. The van der Waals surface area contributed by atoms with Gasteiger partial charge in [-0.2, -0.15) is 11.8 Å². The van der Waals surface area contributed by atoms with Crippen molar-refractivity contribution in [2.24, 2.45) is 5.92 Å². The molecule has 1 aromatic heterocycles. The second kappa shape index (κ2) is 16.9.